The van der Waals surface area contributed by atoms with E-state index in [-0.39, 0.29) is 6.03 Å². The van der Waals surface area contributed by atoms with Crippen LogP contribution in [0, 0.1) is 12.8 Å². The molecule has 3 aliphatic heterocycles. The topological polar surface area (TPSA) is 35.6 Å². The Labute approximate surface area is 127 Å². The minimum Gasteiger partial charge on any atom is -0.334 e. The van der Waals surface area contributed by atoms with Gasteiger partial charge in [-0.2, -0.15) is 0 Å². The third-order valence-corrected chi connectivity index (χ3v) is 4.84. The molecule has 2 bridgehead atoms. The molecule has 0 aliphatic carbocycles. The van der Waals surface area contributed by atoms with E-state index in [1.165, 1.54) is 18.4 Å². The number of carbonyl (C=O) groups excluding carboxylic acids is 1. The standard InChI is InChI=1S/C17H25N3O/c1-13-3-5-14(6-4-13)9-18-17(21)20-11-15-7-8-16(12-20)19(2)10-15/h3-6,15-16H,7-12H2,1-2H3,(H,18,21)/t15-,16-/m1/s1. The fraction of sp³-hybridized carbons (Fsp3) is 0.588. The molecule has 1 aromatic rings. The van der Waals surface area contributed by atoms with Gasteiger partial charge >= 0.3 is 6.03 Å². The van der Waals surface area contributed by atoms with Crippen LogP contribution >= 0.6 is 0 Å². The van der Waals surface area contributed by atoms with Crippen molar-refractivity contribution in [3.05, 3.63) is 35.4 Å². The molecule has 3 aliphatic rings. The third-order valence-electron chi connectivity index (χ3n) is 4.84. The number of benzene rings is 1. The molecule has 1 N–H and O–H groups in total. The minimum atomic E-state index is 0.0859. The summed E-state index contributed by atoms with van der Waals surface area (Å²) < 4.78 is 0. The zero-order valence-electron chi connectivity index (χ0n) is 13.0. The highest BCUT2D eigenvalue weighted by molar-refractivity contribution is 5.74. The second kappa shape index (κ2) is 6.06. The van der Waals surface area contributed by atoms with Gasteiger partial charge in [-0.3, -0.25) is 0 Å². The molecule has 4 heteroatoms. The monoisotopic (exact) mass is 287 g/mol. The van der Waals surface area contributed by atoms with Crippen LogP contribution in [0.2, 0.25) is 0 Å². The molecule has 0 saturated carbocycles. The molecule has 3 fully saturated rings. The minimum absolute atomic E-state index is 0.0859. The lowest BCUT2D eigenvalue weighted by molar-refractivity contribution is 0.165. The molecule has 2 amide bonds. The maximum Gasteiger partial charge on any atom is 0.317 e. The predicted molar refractivity (Wildman–Crippen MR) is 84.1 cm³/mol. The molecule has 2 atom stereocenters. The summed E-state index contributed by atoms with van der Waals surface area (Å²) in [7, 11) is 2.19. The first-order valence-corrected chi connectivity index (χ1v) is 7.90. The number of nitrogens with one attached hydrogen (secondary N) is 1. The van der Waals surface area contributed by atoms with Crippen LogP contribution < -0.4 is 5.32 Å². The van der Waals surface area contributed by atoms with Crippen molar-refractivity contribution in [3.8, 4) is 0 Å². The van der Waals surface area contributed by atoms with Gasteiger partial charge in [0.15, 0.2) is 0 Å². The van der Waals surface area contributed by atoms with Crippen LogP contribution in [0.1, 0.15) is 24.0 Å². The van der Waals surface area contributed by atoms with Crippen molar-refractivity contribution < 1.29 is 4.79 Å². The number of fused-ring (bicyclic) bond motifs is 4. The van der Waals surface area contributed by atoms with Crippen LogP contribution in [0.25, 0.3) is 0 Å². The lowest BCUT2D eigenvalue weighted by Gasteiger charge is -2.32. The van der Waals surface area contributed by atoms with E-state index in [1.54, 1.807) is 0 Å². The van der Waals surface area contributed by atoms with E-state index in [9.17, 15) is 4.79 Å². The fourth-order valence-corrected chi connectivity index (χ4v) is 3.48. The van der Waals surface area contributed by atoms with Crippen molar-refractivity contribution in [2.45, 2.75) is 32.4 Å². The van der Waals surface area contributed by atoms with Gasteiger partial charge in [-0.25, -0.2) is 4.79 Å². The van der Waals surface area contributed by atoms with E-state index in [2.05, 4.69) is 48.5 Å². The van der Waals surface area contributed by atoms with Crippen molar-refractivity contribution in [2.75, 3.05) is 26.7 Å². The van der Waals surface area contributed by atoms with Crippen molar-refractivity contribution in [1.29, 1.82) is 0 Å². The second-order valence-corrected chi connectivity index (χ2v) is 6.59. The van der Waals surface area contributed by atoms with Crippen molar-refractivity contribution in [1.82, 2.24) is 15.1 Å². The number of hydrogen-bond donors (Lipinski definition) is 1. The number of urea groups is 1. The predicted octanol–water partition coefficient (Wildman–Crippen LogP) is 2.23. The number of aryl methyl sites for hydroxylation is 1. The summed E-state index contributed by atoms with van der Waals surface area (Å²) in [6.07, 6.45) is 2.49. The molecule has 0 radical (unpaired) electrons. The van der Waals surface area contributed by atoms with Crippen LogP contribution in [0.5, 0.6) is 0 Å². The van der Waals surface area contributed by atoms with Crippen LogP contribution in [-0.4, -0.2) is 48.6 Å². The highest BCUT2D eigenvalue weighted by atomic mass is 16.2. The van der Waals surface area contributed by atoms with Gasteiger partial charge in [-0.1, -0.05) is 29.8 Å². The van der Waals surface area contributed by atoms with Crippen LogP contribution in [0.3, 0.4) is 0 Å². The number of carbonyl (C=O) groups is 1. The summed E-state index contributed by atoms with van der Waals surface area (Å²) in [5.74, 6) is 0.638. The number of hydrogen-bond acceptors (Lipinski definition) is 2. The largest absolute Gasteiger partial charge is 0.334 e. The lowest BCUT2D eigenvalue weighted by Crippen LogP contribution is -2.44. The molecule has 0 spiro atoms. The van der Waals surface area contributed by atoms with E-state index >= 15 is 0 Å². The quantitative estimate of drug-likeness (QED) is 0.905. The van der Waals surface area contributed by atoms with Crippen molar-refractivity contribution >= 4 is 6.03 Å². The van der Waals surface area contributed by atoms with Gasteiger partial charge in [-0.15, -0.1) is 0 Å². The Hall–Kier alpha value is -1.55. The van der Waals surface area contributed by atoms with Crippen LogP contribution in [0.4, 0.5) is 4.79 Å². The Morgan fingerprint density at radius 2 is 1.95 bits per heavy atom. The molecular weight excluding hydrogens is 262 g/mol. The van der Waals surface area contributed by atoms with E-state index < -0.39 is 0 Å². The number of nitrogens with zero attached hydrogens (tertiary/aromatic N) is 2. The maximum atomic E-state index is 12.4. The van der Waals surface area contributed by atoms with Gasteiger partial charge < -0.3 is 15.1 Å². The highest BCUT2D eigenvalue weighted by Crippen LogP contribution is 2.26. The molecule has 1 aromatic carbocycles. The first-order chi connectivity index (χ1) is 10.1. The van der Waals surface area contributed by atoms with Gasteiger partial charge in [0.2, 0.25) is 0 Å². The molecule has 0 aromatic heterocycles. The highest BCUT2D eigenvalue weighted by Gasteiger charge is 2.34. The van der Waals surface area contributed by atoms with Gasteiger partial charge in [0, 0.05) is 32.2 Å². The summed E-state index contributed by atoms with van der Waals surface area (Å²) in [4.78, 5) is 16.8. The van der Waals surface area contributed by atoms with Gasteiger partial charge in [0.1, 0.15) is 0 Å². The summed E-state index contributed by atoms with van der Waals surface area (Å²) in [6.45, 7) is 5.59. The van der Waals surface area contributed by atoms with Crippen molar-refractivity contribution in [3.63, 3.8) is 0 Å². The lowest BCUT2D eigenvalue weighted by atomic mass is 9.96. The zero-order chi connectivity index (χ0) is 14.8. The van der Waals surface area contributed by atoms with E-state index in [0.717, 1.165) is 25.2 Å². The number of rotatable bonds is 2. The SMILES string of the molecule is Cc1ccc(CNC(=O)N2C[C@@H]3CC[C@H](C2)N(C)C3)cc1. The molecule has 0 unspecified atom stereocenters. The van der Waals surface area contributed by atoms with Crippen molar-refractivity contribution in [2.24, 2.45) is 5.92 Å². The first kappa shape index (κ1) is 14.4. The van der Waals surface area contributed by atoms with Gasteiger partial charge in [-0.05, 0) is 38.3 Å². The molecule has 4 rings (SSSR count). The third kappa shape index (κ3) is 3.38. The number of likely N-dealkylation sites (N-methyl/N-ethyl adjacent to an activating group) is 1. The number of amides is 2. The Kier molecular flexibility index (Phi) is 4.15. The van der Waals surface area contributed by atoms with E-state index in [4.69, 9.17) is 0 Å². The fourth-order valence-electron chi connectivity index (χ4n) is 3.48. The van der Waals surface area contributed by atoms with E-state index in [1.807, 2.05) is 4.90 Å². The van der Waals surface area contributed by atoms with Crippen LogP contribution in [-0.2, 0) is 6.54 Å². The average Bonchev–Trinajstić information content (AvgIpc) is 2.77. The average molecular weight is 287 g/mol. The smallest absolute Gasteiger partial charge is 0.317 e. The molecular formula is C17H25N3O. The second-order valence-electron chi connectivity index (χ2n) is 6.59. The summed E-state index contributed by atoms with van der Waals surface area (Å²) in [6, 6.07) is 8.95. The maximum absolute atomic E-state index is 12.4. The van der Waals surface area contributed by atoms with E-state index in [0.29, 0.717) is 18.5 Å². The zero-order valence-corrected chi connectivity index (χ0v) is 13.0. The Morgan fingerprint density at radius 1 is 1.19 bits per heavy atom. The molecule has 3 heterocycles. The molecule has 114 valence electrons. The summed E-state index contributed by atoms with van der Waals surface area (Å²) in [5, 5.41) is 3.07. The van der Waals surface area contributed by atoms with Gasteiger partial charge in [0.25, 0.3) is 0 Å². The molecule has 3 saturated heterocycles. The summed E-state index contributed by atoms with van der Waals surface area (Å²) >= 11 is 0. The number of piperidine rings is 1. The van der Waals surface area contributed by atoms with Gasteiger partial charge in [0.05, 0.1) is 0 Å². The molecule has 21 heavy (non-hydrogen) atoms. The Bertz CT molecular complexity index is 499. The van der Waals surface area contributed by atoms with Crippen LogP contribution in [0.15, 0.2) is 24.3 Å². The molecule has 4 nitrogen and oxygen atoms in total. The first-order valence-electron chi connectivity index (χ1n) is 7.90. The Balaban J connectivity index is 1.57. The summed E-state index contributed by atoms with van der Waals surface area (Å²) in [5.41, 5.74) is 2.40. The Morgan fingerprint density at radius 3 is 2.67 bits per heavy atom. The normalized spacial score (nSPS) is 25.7.